The van der Waals surface area contributed by atoms with Crippen molar-refractivity contribution in [3.05, 3.63) is 60.4 Å². The fourth-order valence-corrected chi connectivity index (χ4v) is 2.59. The van der Waals surface area contributed by atoms with E-state index in [-0.39, 0.29) is 30.0 Å². The number of nitrogens with one attached hydrogen (secondary N) is 3. The van der Waals surface area contributed by atoms with E-state index >= 15 is 0 Å². The molecule has 1 aromatic heterocycles. The first kappa shape index (κ1) is 18.3. The lowest BCUT2D eigenvalue weighted by Crippen LogP contribution is -2.19. The van der Waals surface area contributed by atoms with Crippen molar-refractivity contribution >= 4 is 69.2 Å². The summed E-state index contributed by atoms with van der Waals surface area (Å²) in [5.41, 5.74) is 2.65. The Morgan fingerprint density at radius 3 is 2.71 bits per heavy atom. The van der Waals surface area contributed by atoms with Crippen molar-refractivity contribution in [3.63, 3.8) is 0 Å². The Bertz CT molecular complexity index is 879. The number of anilines is 2. The van der Waals surface area contributed by atoms with Crippen LogP contribution in [0.4, 0.5) is 16.2 Å². The summed E-state index contributed by atoms with van der Waals surface area (Å²) in [7, 11) is 0. The second-order valence-electron chi connectivity index (χ2n) is 4.84. The van der Waals surface area contributed by atoms with E-state index in [9.17, 15) is 4.79 Å². The molecule has 124 valence electrons. The number of hydrogen-bond acceptors (Lipinski definition) is 4. The number of carbonyl (C=O) groups excluding carboxylic acids is 1. The lowest BCUT2D eigenvalue weighted by atomic mass is 10.2. The van der Waals surface area contributed by atoms with Crippen molar-refractivity contribution in [2.45, 2.75) is 0 Å². The predicted molar refractivity (Wildman–Crippen MR) is 111 cm³/mol. The maximum Gasteiger partial charge on any atom is 0.323 e. The Balaban J connectivity index is 0.00000208. The molecule has 24 heavy (non-hydrogen) atoms. The number of halogens is 1. The van der Waals surface area contributed by atoms with E-state index in [2.05, 4.69) is 10.6 Å². The van der Waals surface area contributed by atoms with Crippen LogP contribution in [-0.2, 0) is 0 Å². The lowest BCUT2D eigenvalue weighted by molar-refractivity contribution is 0.262. The van der Waals surface area contributed by atoms with E-state index in [1.807, 2.05) is 36.6 Å². The van der Waals surface area contributed by atoms with Gasteiger partial charge in [0, 0.05) is 16.6 Å². The molecule has 1 heterocycles. The number of furan rings is 1. The third-order valence-electron chi connectivity index (χ3n) is 3.31. The normalized spacial score (nSPS) is 10.0. The fourth-order valence-electron chi connectivity index (χ4n) is 2.23. The van der Waals surface area contributed by atoms with Gasteiger partial charge in [-0.25, -0.2) is 4.79 Å². The molecule has 7 heteroatoms. The summed E-state index contributed by atoms with van der Waals surface area (Å²) >= 11 is 1.35. The van der Waals surface area contributed by atoms with Crippen LogP contribution >= 0.6 is 35.7 Å². The summed E-state index contributed by atoms with van der Waals surface area (Å²) in [5, 5.41) is 14.8. The molecule has 3 rings (SSSR count). The van der Waals surface area contributed by atoms with Gasteiger partial charge in [-0.2, -0.15) is 0 Å². The Morgan fingerprint density at radius 2 is 1.92 bits per heavy atom. The van der Waals surface area contributed by atoms with Gasteiger partial charge in [-0.15, -0.1) is 35.7 Å². The van der Waals surface area contributed by atoms with Gasteiger partial charge in [0.1, 0.15) is 0 Å². The standard InChI is InChI=1S/C17H15N3O2S.HI/c1-23-16(18)12-5-2-6-13(10-12)19-17(21)20-14-7-3-4-11-8-9-22-15(11)14;/h2-10,18H,1H3,(H2,19,20,21);1H. The second kappa shape index (κ2) is 8.20. The maximum absolute atomic E-state index is 12.2. The average molecular weight is 453 g/mol. The maximum atomic E-state index is 12.2. The predicted octanol–water partition coefficient (Wildman–Crippen LogP) is 5.38. The van der Waals surface area contributed by atoms with E-state index in [4.69, 9.17) is 9.83 Å². The minimum Gasteiger partial charge on any atom is -0.462 e. The Kier molecular flexibility index (Phi) is 6.27. The summed E-state index contributed by atoms with van der Waals surface area (Å²) in [5.74, 6) is 0. The Morgan fingerprint density at radius 1 is 1.12 bits per heavy atom. The minimum atomic E-state index is -0.360. The van der Waals surface area contributed by atoms with Crippen molar-refractivity contribution in [1.29, 1.82) is 5.41 Å². The number of fused-ring (bicyclic) bond motifs is 1. The largest absolute Gasteiger partial charge is 0.462 e. The molecule has 0 saturated carbocycles. The van der Waals surface area contributed by atoms with Crippen LogP contribution in [0.5, 0.6) is 0 Å². The molecule has 0 aliphatic heterocycles. The van der Waals surface area contributed by atoms with Crippen LogP contribution in [0.3, 0.4) is 0 Å². The fraction of sp³-hybridized carbons (Fsp3) is 0.0588. The first-order valence-electron chi connectivity index (χ1n) is 6.94. The Hall–Kier alpha value is -2.00. The highest BCUT2D eigenvalue weighted by Gasteiger charge is 2.09. The quantitative estimate of drug-likeness (QED) is 0.283. The zero-order valence-electron chi connectivity index (χ0n) is 12.8. The first-order valence-corrected chi connectivity index (χ1v) is 8.17. The zero-order valence-corrected chi connectivity index (χ0v) is 16.0. The second-order valence-corrected chi connectivity index (χ2v) is 5.65. The molecule has 0 atom stereocenters. The number of rotatable bonds is 3. The molecule has 0 saturated heterocycles. The smallest absolute Gasteiger partial charge is 0.323 e. The molecule has 0 radical (unpaired) electrons. The topological polar surface area (TPSA) is 78.1 Å². The highest BCUT2D eigenvalue weighted by Crippen LogP contribution is 2.24. The molecule has 3 aromatic rings. The van der Waals surface area contributed by atoms with Crippen LogP contribution in [0.2, 0.25) is 0 Å². The first-order chi connectivity index (χ1) is 11.2. The number of amides is 2. The highest BCUT2D eigenvalue weighted by atomic mass is 127. The van der Waals surface area contributed by atoms with E-state index in [0.29, 0.717) is 22.0 Å². The van der Waals surface area contributed by atoms with Gasteiger partial charge >= 0.3 is 6.03 Å². The van der Waals surface area contributed by atoms with Crippen LogP contribution in [0.1, 0.15) is 5.56 Å². The number of para-hydroxylation sites is 1. The van der Waals surface area contributed by atoms with Crippen LogP contribution in [0, 0.1) is 5.41 Å². The SMILES string of the molecule is CSC(=N)c1cccc(NC(=O)Nc2cccc3ccoc23)c1.I. The monoisotopic (exact) mass is 453 g/mol. The van der Waals surface area contributed by atoms with Crippen molar-refractivity contribution in [1.82, 2.24) is 0 Å². The number of carbonyl (C=O) groups is 1. The molecule has 0 aliphatic carbocycles. The molecule has 3 N–H and O–H groups in total. The van der Waals surface area contributed by atoms with Gasteiger partial charge < -0.3 is 15.1 Å². The van der Waals surface area contributed by atoms with E-state index in [1.165, 1.54) is 11.8 Å². The third kappa shape index (κ3) is 4.09. The molecular weight excluding hydrogens is 437 g/mol. The van der Waals surface area contributed by atoms with Crippen molar-refractivity contribution in [2.75, 3.05) is 16.9 Å². The molecule has 5 nitrogen and oxygen atoms in total. The molecule has 0 aliphatic rings. The summed E-state index contributed by atoms with van der Waals surface area (Å²) in [6.45, 7) is 0. The molecule has 0 unspecified atom stereocenters. The van der Waals surface area contributed by atoms with Crippen molar-refractivity contribution < 1.29 is 9.21 Å². The average Bonchev–Trinajstić information content (AvgIpc) is 3.04. The van der Waals surface area contributed by atoms with Gasteiger partial charge in [-0.1, -0.05) is 24.3 Å². The zero-order chi connectivity index (χ0) is 16.2. The molecule has 2 amide bonds. The summed E-state index contributed by atoms with van der Waals surface area (Å²) in [4.78, 5) is 12.2. The van der Waals surface area contributed by atoms with Crippen LogP contribution in [0.25, 0.3) is 11.0 Å². The van der Waals surface area contributed by atoms with Gasteiger partial charge in [-0.3, -0.25) is 5.41 Å². The van der Waals surface area contributed by atoms with Crippen molar-refractivity contribution in [3.8, 4) is 0 Å². The van der Waals surface area contributed by atoms with Crippen LogP contribution < -0.4 is 10.6 Å². The number of benzene rings is 2. The van der Waals surface area contributed by atoms with E-state index in [1.54, 1.807) is 24.5 Å². The van der Waals surface area contributed by atoms with Crippen LogP contribution in [-0.4, -0.2) is 17.3 Å². The highest BCUT2D eigenvalue weighted by molar-refractivity contribution is 14.0. The van der Waals surface area contributed by atoms with E-state index < -0.39 is 0 Å². The summed E-state index contributed by atoms with van der Waals surface area (Å²) < 4.78 is 5.39. The van der Waals surface area contributed by atoms with Gasteiger partial charge in [0.2, 0.25) is 0 Å². The Labute approximate surface area is 160 Å². The molecular formula is C17H16IN3O2S. The minimum absolute atomic E-state index is 0. The summed E-state index contributed by atoms with van der Waals surface area (Å²) in [6, 6.07) is 14.2. The number of urea groups is 1. The van der Waals surface area contributed by atoms with Gasteiger partial charge in [-0.05, 0) is 30.5 Å². The van der Waals surface area contributed by atoms with Gasteiger partial charge in [0.05, 0.1) is 17.0 Å². The van der Waals surface area contributed by atoms with Crippen molar-refractivity contribution in [2.24, 2.45) is 0 Å². The number of hydrogen-bond donors (Lipinski definition) is 3. The molecule has 0 bridgehead atoms. The molecule has 2 aromatic carbocycles. The molecule has 0 fully saturated rings. The van der Waals surface area contributed by atoms with Crippen LogP contribution in [0.15, 0.2) is 59.2 Å². The van der Waals surface area contributed by atoms with Gasteiger partial charge in [0.15, 0.2) is 5.58 Å². The molecule has 0 spiro atoms. The number of thioether (sulfide) groups is 1. The lowest BCUT2D eigenvalue weighted by Gasteiger charge is -2.09. The summed E-state index contributed by atoms with van der Waals surface area (Å²) in [6.07, 6.45) is 3.43. The third-order valence-corrected chi connectivity index (χ3v) is 3.96. The van der Waals surface area contributed by atoms with E-state index in [0.717, 1.165) is 10.9 Å². The van der Waals surface area contributed by atoms with Gasteiger partial charge in [0.25, 0.3) is 0 Å².